The van der Waals surface area contributed by atoms with Gasteiger partial charge in [-0.2, -0.15) is 0 Å². The van der Waals surface area contributed by atoms with Crippen LogP contribution < -0.4 is 10.6 Å². The largest absolute Gasteiger partial charge is 0.350 e. The number of anilines is 1. The van der Waals surface area contributed by atoms with Crippen molar-refractivity contribution in [3.8, 4) is 0 Å². The molecule has 0 saturated heterocycles. The van der Waals surface area contributed by atoms with E-state index in [-0.39, 0.29) is 17.4 Å². The Balaban J connectivity index is 1.21. The lowest BCUT2D eigenvalue weighted by molar-refractivity contribution is -0.124. The molecule has 0 unspecified atom stereocenters. The van der Waals surface area contributed by atoms with E-state index in [4.69, 9.17) is 0 Å². The number of carbonyl (C=O) groups is 2. The van der Waals surface area contributed by atoms with Crippen LogP contribution in [0, 0.1) is 24.7 Å². The monoisotopic (exact) mass is 372 g/mol. The van der Waals surface area contributed by atoms with E-state index in [2.05, 4.69) is 10.6 Å². The second-order valence-corrected chi connectivity index (χ2v) is 9.64. The van der Waals surface area contributed by atoms with Gasteiger partial charge in [0, 0.05) is 11.2 Å². The Morgan fingerprint density at radius 2 is 1.50 bits per heavy atom. The molecule has 0 atom stereocenters. The number of aryl methyl sites for hydroxylation is 1. The molecule has 0 radical (unpaired) electrons. The number of benzene rings is 1. The first kappa shape index (κ1) is 17.9. The van der Waals surface area contributed by atoms with Gasteiger partial charge >= 0.3 is 0 Å². The van der Waals surface area contributed by atoms with Crippen molar-refractivity contribution < 1.29 is 9.59 Å². The highest BCUT2D eigenvalue weighted by Gasteiger charge is 2.51. The Bertz CT molecular complexity index is 650. The minimum absolute atomic E-state index is 0.0542. The van der Waals surface area contributed by atoms with Crippen LogP contribution in [0.3, 0.4) is 0 Å². The van der Waals surface area contributed by atoms with Gasteiger partial charge in [-0.25, -0.2) is 0 Å². The van der Waals surface area contributed by atoms with Crippen molar-refractivity contribution in [2.45, 2.75) is 51.0 Å². The lowest BCUT2D eigenvalue weighted by atomic mass is 9.53. The van der Waals surface area contributed by atoms with Crippen LogP contribution in [0.4, 0.5) is 5.69 Å². The van der Waals surface area contributed by atoms with E-state index in [1.54, 1.807) is 0 Å². The standard InChI is InChI=1S/C21H28N2O2S/c1-14-2-4-18(5-3-14)22-19(24)12-26-13-20(25)23-21-9-15-6-16(10-21)8-17(7-15)11-21/h2-5,15-17H,6-13H2,1H3,(H,22,24)(H,23,25). The summed E-state index contributed by atoms with van der Waals surface area (Å²) in [6, 6.07) is 7.75. The molecular weight excluding hydrogens is 344 g/mol. The first-order valence-corrected chi connectivity index (χ1v) is 10.9. The second-order valence-electron chi connectivity index (χ2n) is 8.65. The summed E-state index contributed by atoms with van der Waals surface area (Å²) >= 11 is 1.40. The van der Waals surface area contributed by atoms with E-state index in [1.165, 1.54) is 55.9 Å². The molecule has 5 heteroatoms. The van der Waals surface area contributed by atoms with E-state index >= 15 is 0 Å². The quantitative estimate of drug-likeness (QED) is 0.799. The van der Waals surface area contributed by atoms with E-state index in [0.29, 0.717) is 11.5 Å². The van der Waals surface area contributed by atoms with Crippen LogP contribution in [-0.2, 0) is 9.59 Å². The SMILES string of the molecule is Cc1ccc(NC(=O)CSCC(=O)NC23CC4CC(CC(C4)C2)C3)cc1. The average Bonchev–Trinajstić information content (AvgIpc) is 2.55. The molecule has 1 aromatic carbocycles. The topological polar surface area (TPSA) is 58.2 Å². The minimum Gasteiger partial charge on any atom is -0.350 e. The van der Waals surface area contributed by atoms with E-state index < -0.39 is 0 Å². The molecular formula is C21H28N2O2S. The Morgan fingerprint density at radius 3 is 2.08 bits per heavy atom. The molecule has 0 spiro atoms. The van der Waals surface area contributed by atoms with Crippen LogP contribution in [0.5, 0.6) is 0 Å². The van der Waals surface area contributed by atoms with Crippen LogP contribution in [-0.4, -0.2) is 28.9 Å². The van der Waals surface area contributed by atoms with Crippen LogP contribution in [0.2, 0.25) is 0 Å². The van der Waals surface area contributed by atoms with Crippen molar-refractivity contribution in [3.63, 3.8) is 0 Å². The third kappa shape index (κ3) is 4.08. The van der Waals surface area contributed by atoms with Crippen molar-refractivity contribution in [3.05, 3.63) is 29.8 Å². The molecule has 26 heavy (non-hydrogen) atoms. The van der Waals surface area contributed by atoms with E-state index in [1.807, 2.05) is 31.2 Å². The highest BCUT2D eigenvalue weighted by molar-refractivity contribution is 8.00. The van der Waals surface area contributed by atoms with Crippen molar-refractivity contribution in [1.82, 2.24) is 5.32 Å². The van der Waals surface area contributed by atoms with Gasteiger partial charge in [-0.15, -0.1) is 11.8 Å². The third-order valence-corrected chi connectivity index (χ3v) is 7.18. The molecule has 4 bridgehead atoms. The molecule has 2 amide bonds. The number of nitrogens with one attached hydrogen (secondary N) is 2. The van der Waals surface area contributed by atoms with Gasteiger partial charge in [0.15, 0.2) is 0 Å². The molecule has 140 valence electrons. The lowest BCUT2D eigenvalue weighted by Crippen LogP contribution is -2.60. The molecule has 5 rings (SSSR count). The zero-order valence-corrected chi connectivity index (χ0v) is 16.2. The van der Waals surface area contributed by atoms with Crippen molar-refractivity contribution in [1.29, 1.82) is 0 Å². The Labute approximate surface area is 159 Å². The molecule has 4 aliphatic carbocycles. The molecule has 4 fully saturated rings. The van der Waals surface area contributed by atoms with Gasteiger partial charge in [-0.3, -0.25) is 9.59 Å². The summed E-state index contributed by atoms with van der Waals surface area (Å²) in [7, 11) is 0. The third-order valence-electron chi connectivity index (χ3n) is 6.24. The molecule has 2 N–H and O–H groups in total. The van der Waals surface area contributed by atoms with Crippen LogP contribution in [0.15, 0.2) is 24.3 Å². The predicted molar refractivity (Wildman–Crippen MR) is 106 cm³/mol. The first-order valence-electron chi connectivity index (χ1n) is 9.75. The zero-order chi connectivity index (χ0) is 18.1. The van der Waals surface area contributed by atoms with E-state index in [0.717, 1.165) is 23.4 Å². The van der Waals surface area contributed by atoms with Gasteiger partial charge in [0.05, 0.1) is 11.5 Å². The number of rotatable bonds is 6. The van der Waals surface area contributed by atoms with Gasteiger partial charge in [0.2, 0.25) is 11.8 Å². The zero-order valence-electron chi connectivity index (χ0n) is 15.4. The Morgan fingerprint density at radius 1 is 0.962 bits per heavy atom. The summed E-state index contributed by atoms with van der Waals surface area (Å²) in [6.07, 6.45) is 7.64. The maximum absolute atomic E-state index is 12.4. The van der Waals surface area contributed by atoms with Crippen LogP contribution in [0.1, 0.15) is 44.1 Å². The summed E-state index contributed by atoms with van der Waals surface area (Å²) in [5, 5.41) is 6.24. The van der Waals surface area contributed by atoms with E-state index in [9.17, 15) is 9.59 Å². The fraction of sp³-hybridized carbons (Fsp3) is 0.619. The first-order chi connectivity index (χ1) is 12.5. The summed E-state index contributed by atoms with van der Waals surface area (Å²) in [5.74, 6) is 3.20. The summed E-state index contributed by atoms with van der Waals surface area (Å²) in [5.41, 5.74) is 2.04. The summed E-state index contributed by atoms with van der Waals surface area (Å²) < 4.78 is 0. The van der Waals surface area contributed by atoms with Gasteiger partial charge in [-0.1, -0.05) is 17.7 Å². The van der Waals surface area contributed by atoms with Crippen LogP contribution in [0.25, 0.3) is 0 Å². The smallest absolute Gasteiger partial charge is 0.234 e. The highest BCUT2D eigenvalue weighted by atomic mass is 32.2. The maximum Gasteiger partial charge on any atom is 0.234 e. The molecule has 4 saturated carbocycles. The van der Waals surface area contributed by atoms with Crippen molar-refractivity contribution in [2.24, 2.45) is 17.8 Å². The van der Waals surface area contributed by atoms with Gasteiger partial charge in [0.25, 0.3) is 0 Å². The fourth-order valence-corrected chi connectivity index (χ4v) is 6.28. The van der Waals surface area contributed by atoms with Crippen molar-refractivity contribution >= 4 is 29.3 Å². The number of amides is 2. The normalized spacial score (nSPS) is 31.7. The number of carbonyl (C=O) groups excluding carboxylic acids is 2. The lowest BCUT2D eigenvalue weighted by Gasteiger charge is -2.56. The summed E-state index contributed by atoms with van der Waals surface area (Å²) in [4.78, 5) is 24.5. The average molecular weight is 373 g/mol. The number of hydrogen-bond donors (Lipinski definition) is 2. The molecule has 0 aromatic heterocycles. The Hall–Kier alpha value is -1.49. The minimum atomic E-state index is -0.0542. The molecule has 0 heterocycles. The van der Waals surface area contributed by atoms with Gasteiger partial charge in [0.1, 0.15) is 0 Å². The molecule has 1 aromatic rings. The molecule has 4 aliphatic rings. The van der Waals surface area contributed by atoms with Crippen molar-refractivity contribution in [2.75, 3.05) is 16.8 Å². The predicted octanol–water partition coefficient (Wildman–Crippen LogP) is 3.75. The number of hydrogen-bond acceptors (Lipinski definition) is 3. The molecule has 0 aliphatic heterocycles. The molecule has 4 nitrogen and oxygen atoms in total. The van der Waals surface area contributed by atoms with Gasteiger partial charge in [-0.05, 0) is 75.3 Å². The summed E-state index contributed by atoms with van der Waals surface area (Å²) in [6.45, 7) is 2.02. The number of thioether (sulfide) groups is 1. The Kier molecular flexibility index (Phi) is 5.00. The fourth-order valence-electron chi connectivity index (χ4n) is 5.67. The van der Waals surface area contributed by atoms with Crippen LogP contribution >= 0.6 is 11.8 Å². The van der Waals surface area contributed by atoms with Gasteiger partial charge < -0.3 is 10.6 Å². The maximum atomic E-state index is 12.4. The highest BCUT2D eigenvalue weighted by Crippen LogP contribution is 2.55. The second kappa shape index (κ2) is 7.26.